The van der Waals surface area contributed by atoms with Crippen molar-refractivity contribution in [3.05, 3.63) is 71.8 Å². The van der Waals surface area contributed by atoms with E-state index in [0.29, 0.717) is 13.2 Å². The highest BCUT2D eigenvalue weighted by Crippen LogP contribution is 2.29. The smallest absolute Gasteiger partial charge is 0.106 e. The third kappa shape index (κ3) is 2.45. The number of hydrogen-bond donors (Lipinski definition) is 0. The lowest BCUT2D eigenvalue weighted by molar-refractivity contribution is -0.137. The van der Waals surface area contributed by atoms with Crippen LogP contribution in [-0.4, -0.2) is 13.2 Å². The Labute approximate surface area is 107 Å². The van der Waals surface area contributed by atoms with Crippen molar-refractivity contribution in [2.45, 2.75) is 12.2 Å². The minimum Gasteiger partial charge on any atom is -0.368 e. The van der Waals surface area contributed by atoms with Crippen LogP contribution in [-0.2, 0) is 9.47 Å². The second-order valence-corrected chi connectivity index (χ2v) is 4.47. The molecule has 2 atom stereocenters. The standard InChI is InChI=1S/C16H16O2/c1-3-7-13(8-4-1)15-11-18-16(12-17-15)14-9-5-2-6-10-14/h1-10,15-16H,11-12H2/t15-,16-/m1/s1. The summed E-state index contributed by atoms with van der Waals surface area (Å²) in [6, 6.07) is 20.5. The lowest BCUT2D eigenvalue weighted by atomic mass is 10.1. The summed E-state index contributed by atoms with van der Waals surface area (Å²) in [5.74, 6) is 0. The highest BCUT2D eigenvalue weighted by molar-refractivity contribution is 5.20. The largest absolute Gasteiger partial charge is 0.368 e. The molecule has 2 nitrogen and oxygen atoms in total. The molecule has 0 radical (unpaired) electrons. The predicted molar refractivity (Wildman–Crippen MR) is 70.3 cm³/mol. The van der Waals surface area contributed by atoms with Crippen molar-refractivity contribution in [2.75, 3.05) is 13.2 Å². The van der Waals surface area contributed by atoms with Gasteiger partial charge >= 0.3 is 0 Å². The Morgan fingerprint density at radius 2 is 1.00 bits per heavy atom. The van der Waals surface area contributed by atoms with Gasteiger partial charge < -0.3 is 9.47 Å². The van der Waals surface area contributed by atoms with Gasteiger partial charge in [0, 0.05) is 0 Å². The number of hydrogen-bond acceptors (Lipinski definition) is 2. The van der Waals surface area contributed by atoms with Crippen LogP contribution in [0, 0.1) is 0 Å². The zero-order chi connectivity index (χ0) is 12.2. The molecule has 2 heteroatoms. The molecule has 18 heavy (non-hydrogen) atoms. The Balaban J connectivity index is 1.65. The molecule has 0 aliphatic carbocycles. The molecule has 0 bridgehead atoms. The van der Waals surface area contributed by atoms with Gasteiger partial charge in [-0.3, -0.25) is 0 Å². The van der Waals surface area contributed by atoms with E-state index in [-0.39, 0.29) is 12.2 Å². The molecule has 3 rings (SSSR count). The van der Waals surface area contributed by atoms with E-state index in [9.17, 15) is 0 Å². The monoisotopic (exact) mass is 240 g/mol. The maximum absolute atomic E-state index is 5.91. The van der Waals surface area contributed by atoms with Crippen LogP contribution in [0.3, 0.4) is 0 Å². The highest BCUT2D eigenvalue weighted by Gasteiger charge is 2.24. The van der Waals surface area contributed by atoms with Crippen LogP contribution in [0.25, 0.3) is 0 Å². The summed E-state index contributed by atoms with van der Waals surface area (Å²) in [5.41, 5.74) is 2.37. The molecule has 1 aliphatic rings. The van der Waals surface area contributed by atoms with Crippen molar-refractivity contribution in [1.82, 2.24) is 0 Å². The Morgan fingerprint density at radius 3 is 1.33 bits per heavy atom. The fourth-order valence-electron chi connectivity index (χ4n) is 2.22. The van der Waals surface area contributed by atoms with Gasteiger partial charge in [0.15, 0.2) is 0 Å². The molecule has 0 saturated carbocycles. The first kappa shape index (κ1) is 11.5. The van der Waals surface area contributed by atoms with Crippen LogP contribution in [0.15, 0.2) is 60.7 Å². The second kappa shape index (κ2) is 5.34. The summed E-state index contributed by atoms with van der Waals surface area (Å²) >= 11 is 0. The Morgan fingerprint density at radius 1 is 0.611 bits per heavy atom. The molecule has 0 spiro atoms. The Kier molecular flexibility index (Phi) is 3.40. The fraction of sp³-hybridized carbons (Fsp3) is 0.250. The highest BCUT2D eigenvalue weighted by atomic mass is 16.6. The van der Waals surface area contributed by atoms with Gasteiger partial charge in [-0.25, -0.2) is 0 Å². The van der Waals surface area contributed by atoms with Crippen molar-refractivity contribution in [3.8, 4) is 0 Å². The van der Waals surface area contributed by atoms with E-state index in [1.165, 1.54) is 11.1 Å². The van der Waals surface area contributed by atoms with Crippen LogP contribution in [0.2, 0.25) is 0 Å². The van der Waals surface area contributed by atoms with E-state index >= 15 is 0 Å². The SMILES string of the molecule is c1ccc([C@H]2CO[C@@H](c3ccccc3)CO2)cc1. The van der Waals surface area contributed by atoms with Crippen LogP contribution in [0.1, 0.15) is 23.3 Å². The quantitative estimate of drug-likeness (QED) is 0.799. The minimum absolute atomic E-state index is 0.0613. The average molecular weight is 240 g/mol. The van der Waals surface area contributed by atoms with Crippen molar-refractivity contribution >= 4 is 0 Å². The molecular weight excluding hydrogens is 224 g/mol. The molecule has 1 aliphatic heterocycles. The maximum atomic E-state index is 5.91. The lowest BCUT2D eigenvalue weighted by Crippen LogP contribution is -2.25. The molecule has 0 N–H and O–H groups in total. The van der Waals surface area contributed by atoms with Crippen LogP contribution >= 0.6 is 0 Å². The van der Waals surface area contributed by atoms with E-state index in [0.717, 1.165) is 0 Å². The molecule has 1 saturated heterocycles. The summed E-state index contributed by atoms with van der Waals surface area (Å²) in [4.78, 5) is 0. The summed E-state index contributed by atoms with van der Waals surface area (Å²) in [6.07, 6.45) is 0.123. The first-order chi connectivity index (χ1) is 8.93. The molecule has 2 aromatic rings. The average Bonchev–Trinajstić information content (AvgIpc) is 2.49. The molecule has 2 aromatic carbocycles. The molecule has 0 unspecified atom stereocenters. The van der Waals surface area contributed by atoms with Crippen molar-refractivity contribution in [2.24, 2.45) is 0 Å². The van der Waals surface area contributed by atoms with Gasteiger partial charge in [-0.05, 0) is 11.1 Å². The van der Waals surface area contributed by atoms with Crippen molar-refractivity contribution in [3.63, 3.8) is 0 Å². The lowest BCUT2D eigenvalue weighted by Gasteiger charge is -2.30. The zero-order valence-corrected chi connectivity index (χ0v) is 10.2. The summed E-state index contributed by atoms with van der Waals surface area (Å²) < 4.78 is 11.8. The van der Waals surface area contributed by atoms with E-state index in [1.54, 1.807) is 0 Å². The van der Waals surface area contributed by atoms with Gasteiger partial charge in [-0.1, -0.05) is 60.7 Å². The Hall–Kier alpha value is -1.64. The number of benzene rings is 2. The summed E-state index contributed by atoms with van der Waals surface area (Å²) in [5, 5.41) is 0. The normalized spacial score (nSPS) is 23.8. The van der Waals surface area contributed by atoms with Gasteiger partial charge in [-0.2, -0.15) is 0 Å². The Bertz CT molecular complexity index is 425. The summed E-state index contributed by atoms with van der Waals surface area (Å²) in [6.45, 7) is 1.23. The topological polar surface area (TPSA) is 18.5 Å². The zero-order valence-electron chi connectivity index (χ0n) is 10.2. The second-order valence-electron chi connectivity index (χ2n) is 4.47. The van der Waals surface area contributed by atoms with Gasteiger partial charge in [0.2, 0.25) is 0 Å². The number of ether oxygens (including phenoxy) is 2. The minimum atomic E-state index is 0.0613. The van der Waals surface area contributed by atoms with Crippen LogP contribution in [0.5, 0.6) is 0 Å². The molecule has 0 amide bonds. The first-order valence-corrected chi connectivity index (χ1v) is 6.26. The fourth-order valence-corrected chi connectivity index (χ4v) is 2.22. The van der Waals surface area contributed by atoms with Gasteiger partial charge in [0.1, 0.15) is 12.2 Å². The van der Waals surface area contributed by atoms with Gasteiger partial charge in [-0.15, -0.1) is 0 Å². The van der Waals surface area contributed by atoms with E-state index < -0.39 is 0 Å². The van der Waals surface area contributed by atoms with Crippen LogP contribution in [0.4, 0.5) is 0 Å². The summed E-state index contributed by atoms with van der Waals surface area (Å²) in [7, 11) is 0. The molecular formula is C16H16O2. The van der Waals surface area contributed by atoms with Gasteiger partial charge in [0.25, 0.3) is 0 Å². The first-order valence-electron chi connectivity index (χ1n) is 6.26. The van der Waals surface area contributed by atoms with E-state index in [1.807, 2.05) is 36.4 Å². The third-order valence-electron chi connectivity index (χ3n) is 3.24. The molecule has 1 heterocycles. The maximum Gasteiger partial charge on any atom is 0.106 e. The predicted octanol–water partition coefficient (Wildman–Crippen LogP) is 3.52. The molecule has 92 valence electrons. The third-order valence-corrected chi connectivity index (χ3v) is 3.24. The molecule has 0 aromatic heterocycles. The van der Waals surface area contributed by atoms with Gasteiger partial charge in [0.05, 0.1) is 13.2 Å². The number of rotatable bonds is 2. The van der Waals surface area contributed by atoms with Crippen molar-refractivity contribution < 1.29 is 9.47 Å². The molecule has 1 fully saturated rings. The van der Waals surface area contributed by atoms with E-state index in [2.05, 4.69) is 24.3 Å². The van der Waals surface area contributed by atoms with Crippen LogP contribution < -0.4 is 0 Å². The van der Waals surface area contributed by atoms with E-state index in [4.69, 9.17) is 9.47 Å². The van der Waals surface area contributed by atoms with Crippen molar-refractivity contribution in [1.29, 1.82) is 0 Å².